The fourth-order valence-electron chi connectivity index (χ4n) is 6.61. The van der Waals surface area contributed by atoms with Gasteiger partial charge in [0, 0.05) is 29.9 Å². The lowest BCUT2D eigenvalue weighted by atomic mass is 10.0. The lowest BCUT2D eigenvalue weighted by Crippen LogP contribution is -2.58. The number of benzene rings is 2. The van der Waals surface area contributed by atoms with E-state index in [0.29, 0.717) is 31.2 Å². The summed E-state index contributed by atoms with van der Waals surface area (Å²) in [6.07, 6.45) is 1.54. The van der Waals surface area contributed by atoms with Crippen molar-refractivity contribution in [1.82, 2.24) is 36.9 Å². The van der Waals surface area contributed by atoms with Crippen LogP contribution in [-0.2, 0) is 66.1 Å². The minimum absolute atomic E-state index is 0.0103. The molecule has 0 unspecified atom stereocenters. The van der Waals surface area contributed by atoms with Crippen molar-refractivity contribution in [3.05, 3.63) is 65.9 Å². The van der Waals surface area contributed by atoms with Gasteiger partial charge in [0.15, 0.2) is 0 Å². The van der Waals surface area contributed by atoms with Crippen LogP contribution in [0.25, 0.3) is 10.9 Å². The molecule has 0 fully saturated rings. The van der Waals surface area contributed by atoms with Gasteiger partial charge >= 0.3 is 17.9 Å². The Labute approximate surface area is 379 Å². The zero-order valence-electron chi connectivity index (χ0n) is 36.2. The van der Waals surface area contributed by atoms with Crippen LogP contribution in [0.4, 0.5) is 0 Å². The molecule has 2 aromatic carbocycles. The highest BCUT2D eigenvalue weighted by Crippen LogP contribution is 2.20. The molecule has 0 radical (unpaired) electrons. The number of nitrogens with one attached hydrogen (secondary N) is 7. The molecule has 3 rings (SSSR count). The van der Waals surface area contributed by atoms with Crippen LogP contribution in [-0.4, -0.2) is 129 Å². The maximum Gasteiger partial charge on any atom is 0.326 e. The zero-order valence-corrected chi connectivity index (χ0v) is 37.0. The van der Waals surface area contributed by atoms with Gasteiger partial charge in [0.2, 0.25) is 35.4 Å². The molecular formula is C42H56N8O15S. The van der Waals surface area contributed by atoms with E-state index in [1.165, 1.54) is 12.1 Å². The molecule has 0 aliphatic heterocycles. The number of H-pyrrole nitrogens is 1. The molecule has 66 heavy (non-hydrogen) atoms. The minimum Gasteiger partial charge on any atom is -0.481 e. The average Bonchev–Trinajstić information content (AvgIpc) is 3.66. The third kappa shape index (κ3) is 17.2. The second kappa shape index (κ2) is 25.5. The molecule has 0 saturated heterocycles. The van der Waals surface area contributed by atoms with Crippen LogP contribution in [0.1, 0.15) is 76.3 Å². The van der Waals surface area contributed by atoms with Gasteiger partial charge in [-0.2, -0.15) is 8.42 Å². The highest BCUT2D eigenvalue weighted by atomic mass is 32.2. The Bertz CT molecular complexity index is 2340. The third-order valence-corrected chi connectivity index (χ3v) is 11.0. The summed E-state index contributed by atoms with van der Waals surface area (Å²) in [7, 11) is -4.60. The number of carboxylic acids is 3. The van der Waals surface area contributed by atoms with Crippen molar-refractivity contribution < 1.29 is 71.4 Å². The van der Waals surface area contributed by atoms with Gasteiger partial charge in [-0.1, -0.05) is 69.9 Å². The van der Waals surface area contributed by atoms with Crippen LogP contribution in [0.5, 0.6) is 0 Å². The molecule has 0 aliphatic rings. The summed E-state index contributed by atoms with van der Waals surface area (Å²) < 4.78 is 32.5. The van der Waals surface area contributed by atoms with Crippen molar-refractivity contribution in [1.29, 1.82) is 0 Å². The van der Waals surface area contributed by atoms with Gasteiger partial charge in [0.1, 0.15) is 30.2 Å². The number of para-hydroxylation sites is 1. The predicted octanol–water partition coefficient (Wildman–Crippen LogP) is -0.518. The molecule has 13 N–H and O–H groups in total. The molecule has 0 spiro atoms. The van der Waals surface area contributed by atoms with Crippen LogP contribution < -0.4 is 37.6 Å². The molecule has 0 aliphatic carbocycles. The first-order valence-corrected chi connectivity index (χ1v) is 22.4. The van der Waals surface area contributed by atoms with Gasteiger partial charge in [-0.05, 0) is 42.2 Å². The van der Waals surface area contributed by atoms with E-state index in [1.54, 1.807) is 37.4 Å². The highest BCUT2D eigenvalue weighted by Gasteiger charge is 2.32. The summed E-state index contributed by atoms with van der Waals surface area (Å²) in [5, 5.41) is 43.1. The molecule has 3 aromatic rings. The third-order valence-electron chi connectivity index (χ3n) is 10.2. The van der Waals surface area contributed by atoms with E-state index >= 15 is 0 Å². The summed E-state index contributed by atoms with van der Waals surface area (Å²) in [5.41, 5.74) is 7.28. The van der Waals surface area contributed by atoms with Crippen molar-refractivity contribution in [3.63, 3.8) is 0 Å². The Morgan fingerprint density at radius 1 is 0.636 bits per heavy atom. The number of rotatable bonds is 28. The first-order valence-electron chi connectivity index (χ1n) is 20.9. The van der Waals surface area contributed by atoms with Gasteiger partial charge in [0.25, 0.3) is 10.1 Å². The second-order valence-corrected chi connectivity index (χ2v) is 16.8. The number of unbranched alkanes of at least 4 members (excludes halogenated alkanes) is 2. The number of carbonyl (C=O) groups excluding carboxylic acids is 6. The normalized spacial score (nSPS) is 14.0. The lowest BCUT2D eigenvalue weighted by molar-refractivity contribution is -0.147. The van der Waals surface area contributed by atoms with Crippen molar-refractivity contribution in [2.45, 2.75) is 119 Å². The van der Waals surface area contributed by atoms with Gasteiger partial charge in [-0.3, -0.25) is 42.9 Å². The van der Waals surface area contributed by atoms with Crippen LogP contribution in [0.15, 0.2) is 59.6 Å². The van der Waals surface area contributed by atoms with Crippen molar-refractivity contribution in [3.8, 4) is 0 Å². The van der Waals surface area contributed by atoms with E-state index in [2.05, 4.69) is 36.9 Å². The Hall–Kier alpha value is -6.92. The number of fused-ring (bicyclic) bond motifs is 1. The Morgan fingerprint density at radius 2 is 1.15 bits per heavy atom. The summed E-state index contributed by atoms with van der Waals surface area (Å²) in [4.78, 5) is 118. The average molecular weight is 945 g/mol. The fourth-order valence-corrected chi connectivity index (χ4v) is 7.09. The monoisotopic (exact) mass is 944 g/mol. The Balaban J connectivity index is 1.84. The number of aromatic nitrogens is 1. The topological polar surface area (TPSA) is 383 Å². The van der Waals surface area contributed by atoms with Crippen molar-refractivity contribution in [2.24, 2.45) is 5.73 Å². The first-order chi connectivity index (χ1) is 31.1. The summed E-state index contributed by atoms with van der Waals surface area (Å²) in [6.45, 7) is 2.91. The number of nitrogens with two attached hydrogens (primary N) is 1. The largest absolute Gasteiger partial charge is 0.481 e. The number of amides is 6. The predicted molar refractivity (Wildman–Crippen MR) is 234 cm³/mol. The van der Waals surface area contributed by atoms with Crippen molar-refractivity contribution in [2.75, 3.05) is 6.54 Å². The second-order valence-electron chi connectivity index (χ2n) is 15.4. The standard InChI is InChI=1S/C42H56N8O15S/c1-3-5-10-29(39(58)48-31(41(60)50-33(42(61)62)20-36(54)55)17-23-13-15-25(16-14-23)66(63,64)65)46-34(51)22-45-38(57)32(18-24-21-44-28-12-8-7-9-26(24)28)49-40(59)30(11-6-4-2)47-37(56)27(43)19-35(52)53/h7-9,12-16,21,27,29-33,44H,3-6,10-11,17-20,22,43H2,1-2H3,(H,45,57)(H,46,51)(H,47,56)(H,48,58)(H,49,59)(H,50,60)(H,52,53)(H,54,55)(H,61,62)(H,63,64,65)/t27-,29-,30-,31-,32-,33-/m0/s1. The quantitative estimate of drug-likeness (QED) is 0.0408. The van der Waals surface area contributed by atoms with E-state index in [4.69, 9.17) is 10.8 Å². The van der Waals surface area contributed by atoms with Gasteiger partial charge < -0.3 is 57.9 Å². The maximum atomic E-state index is 13.9. The van der Waals surface area contributed by atoms with Crippen LogP contribution >= 0.6 is 0 Å². The maximum absolute atomic E-state index is 13.9. The van der Waals surface area contributed by atoms with Gasteiger partial charge in [-0.15, -0.1) is 0 Å². The van der Waals surface area contributed by atoms with Crippen LogP contribution in [0.2, 0.25) is 0 Å². The molecule has 24 heteroatoms. The van der Waals surface area contributed by atoms with Crippen molar-refractivity contribution >= 4 is 74.4 Å². The first kappa shape index (κ1) is 53.4. The molecule has 0 bridgehead atoms. The number of hydrogen-bond donors (Lipinski definition) is 12. The Morgan fingerprint density at radius 3 is 1.70 bits per heavy atom. The molecule has 360 valence electrons. The summed E-state index contributed by atoms with van der Waals surface area (Å²) in [6, 6.07) is 2.71. The SMILES string of the molecule is CCCC[C@H](NC(=O)CNC(=O)[C@H](Cc1c[nH]c2ccccc12)NC(=O)[C@H](CCCC)NC(=O)[C@@H](N)CC(=O)O)C(=O)N[C@@H](Cc1ccc(S(=O)(=O)O)cc1)C(=O)N[C@@H](CC(=O)O)C(=O)O. The molecule has 0 saturated carbocycles. The smallest absolute Gasteiger partial charge is 0.326 e. The zero-order chi connectivity index (χ0) is 49.1. The number of aliphatic carboxylic acids is 3. The van der Waals surface area contributed by atoms with Gasteiger partial charge in [-0.25, -0.2) is 4.79 Å². The molecule has 1 aromatic heterocycles. The number of carboxylic acid groups (broad SMARTS) is 3. The number of carbonyl (C=O) groups is 9. The van der Waals surface area contributed by atoms with E-state index in [9.17, 15) is 66.3 Å². The fraction of sp³-hybridized carbons (Fsp3) is 0.452. The molecule has 1 heterocycles. The molecule has 6 amide bonds. The van der Waals surface area contributed by atoms with Crippen LogP contribution in [0.3, 0.4) is 0 Å². The highest BCUT2D eigenvalue weighted by molar-refractivity contribution is 7.85. The van der Waals surface area contributed by atoms with E-state index < -0.39 is 130 Å². The van der Waals surface area contributed by atoms with Crippen LogP contribution in [0, 0.1) is 0 Å². The number of hydrogen-bond acceptors (Lipinski definition) is 12. The summed E-state index contributed by atoms with van der Waals surface area (Å²) in [5.74, 6) is -10.0. The minimum atomic E-state index is -4.60. The molecule has 23 nitrogen and oxygen atoms in total. The van der Waals surface area contributed by atoms with Gasteiger partial charge in [0.05, 0.1) is 30.3 Å². The van der Waals surface area contributed by atoms with E-state index in [0.717, 1.165) is 23.0 Å². The van der Waals surface area contributed by atoms with E-state index in [1.807, 2.05) is 6.92 Å². The molecular weight excluding hydrogens is 889 g/mol. The Kier molecular flexibility index (Phi) is 20.7. The lowest BCUT2D eigenvalue weighted by Gasteiger charge is -2.25. The number of aromatic amines is 1. The summed E-state index contributed by atoms with van der Waals surface area (Å²) >= 11 is 0. The molecule has 6 atom stereocenters. The van der Waals surface area contributed by atoms with E-state index in [-0.39, 0.29) is 24.8 Å².